The highest BCUT2D eigenvalue weighted by molar-refractivity contribution is 6.07. The van der Waals surface area contributed by atoms with Gasteiger partial charge in [-0.3, -0.25) is 14.5 Å². The predicted molar refractivity (Wildman–Crippen MR) is 238 cm³/mol. The third kappa shape index (κ3) is 8.10. The normalized spacial score (nSPS) is 22.9. The Balaban J connectivity index is 0.892. The Morgan fingerprint density at radius 3 is 2.57 bits per heavy atom. The van der Waals surface area contributed by atoms with Crippen LogP contribution in [0.15, 0.2) is 79.0 Å². The molecule has 0 aliphatic carbocycles. The van der Waals surface area contributed by atoms with Crippen LogP contribution in [-0.2, 0) is 30.4 Å². The molecule has 17 nitrogen and oxygen atoms in total. The molecule has 10 rings (SSSR count). The number of benzene rings is 4. The van der Waals surface area contributed by atoms with Crippen LogP contribution in [-0.4, -0.2) is 123 Å². The third-order valence-corrected chi connectivity index (χ3v) is 13.8. The molecule has 0 saturated carbocycles. The number of hydrogen-bond acceptors (Lipinski definition) is 11. The Morgan fingerprint density at radius 1 is 0.985 bits per heavy atom. The molecule has 0 radical (unpaired) electrons. The van der Waals surface area contributed by atoms with Crippen LogP contribution in [0.2, 0.25) is 0 Å². The molecule has 8 atom stereocenters. The topological polar surface area (TPSA) is 213 Å². The number of nitrogens with zero attached hydrogens (tertiary/aromatic N) is 4. The number of fused-ring (bicyclic) bond motifs is 7. The minimum Gasteiger partial charge on any atom is -0.488 e. The van der Waals surface area contributed by atoms with Gasteiger partial charge in [-0.1, -0.05) is 48.5 Å². The van der Waals surface area contributed by atoms with Crippen molar-refractivity contribution >= 4 is 45.7 Å². The van der Waals surface area contributed by atoms with Crippen molar-refractivity contribution in [3.05, 3.63) is 102 Å². The van der Waals surface area contributed by atoms with Gasteiger partial charge in [-0.25, -0.2) is 19.6 Å². The number of carboxylic acid groups (broad SMARTS) is 1. The summed E-state index contributed by atoms with van der Waals surface area (Å²) < 4.78 is 47.6. The van der Waals surface area contributed by atoms with E-state index in [-0.39, 0.29) is 31.3 Å². The Bertz CT molecular complexity index is 2910. The van der Waals surface area contributed by atoms with Crippen LogP contribution in [0.25, 0.3) is 44.2 Å². The van der Waals surface area contributed by atoms with E-state index in [1.807, 2.05) is 24.3 Å². The van der Waals surface area contributed by atoms with Crippen LogP contribution in [0.5, 0.6) is 5.75 Å². The largest absolute Gasteiger partial charge is 0.488 e. The van der Waals surface area contributed by atoms with Crippen molar-refractivity contribution in [3.63, 3.8) is 0 Å². The molecule has 4 aliphatic heterocycles. The number of nitrogens with one attached hydrogen (secondary N) is 4. The fourth-order valence-corrected chi connectivity index (χ4v) is 10.3. The van der Waals surface area contributed by atoms with E-state index in [0.29, 0.717) is 54.3 Å². The lowest BCUT2D eigenvalue weighted by atomic mass is 9.88. The number of aromatic amines is 2. The number of hydrogen-bond donors (Lipinski definition) is 5. The number of likely N-dealkylation sites (tertiary alicyclic amines) is 1. The number of methoxy groups -OCH3 is 2. The van der Waals surface area contributed by atoms with E-state index in [0.717, 1.165) is 44.5 Å². The zero-order valence-electron chi connectivity index (χ0n) is 36.8. The number of ketones is 1. The molecule has 2 aromatic heterocycles. The van der Waals surface area contributed by atoms with E-state index < -0.39 is 60.4 Å². The molecule has 4 aromatic carbocycles. The molecular formula is C48H48F2N8O9. The fourth-order valence-electron chi connectivity index (χ4n) is 10.3. The Labute approximate surface area is 382 Å². The molecule has 3 amide bonds. The van der Waals surface area contributed by atoms with Crippen molar-refractivity contribution in [2.24, 2.45) is 5.92 Å². The van der Waals surface area contributed by atoms with Crippen molar-refractivity contribution in [3.8, 4) is 28.1 Å². The summed E-state index contributed by atoms with van der Waals surface area (Å²) in [6.45, 7) is 0.0918. The van der Waals surface area contributed by atoms with Crippen LogP contribution in [0, 0.1) is 5.92 Å². The monoisotopic (exact) mass is 918 g/mol. The summed E-state index contributed by atoms with van der Waals surface area (Å²) in [4.78, 5) is 72.3. The molecule has 4 unspecified atom stereocenters. The molecule has 67 heavy (non-hydrogen) atoms. The Morgan fingerprint density at radius 2 is 1.81 bits per heavy atom. The minimum atomic E-state index is -2.98. The molecule has 348 valence electrons. The summed E-state index contributed by atoms with van der Waals surface area (Å²) in [6.07, 6.45) is 0.00936. The van der Waals surface area contributed by atoms with Gasteiger partial charge in [0, 0.05) is 49.5 Å². The van der Waals surface area contributed by atoms with Gasteiger partial charge >= 0.3 is 18.8 Å². The highest BCUT2D eigenvalue weighted by Gasteiger charge is 2.65. The molecule has 0 bridgehead atoms. The van der Waals surface area contributed by atoms with Crippen LogP contribution in [0.1, 0.15) is 60.5 Å². The van der Waals surface area contributed by atoms with Crippen molar-refractivity contribution < 1.29 is 52.0 Å². The number of Topliss-reactive ketones (excluding diaryl/α,β-unsaturated/α-hetero) is 1. The second kappa shape index (κ2) is 17.4. The maximum absolute atomic E-state index is 14.2. The molecular weight excluding hydrogens is 871 g/mol. The molecule has 5 N–H and O–H groups in total. The first-order valence-electron chi connectivity index (χ1n) is 22.0. The van der Waals surface area contributed by atoms with Gasteiger partial charge in [0.25, 0.3) is 5.91 Å². The summed E-state index contributed by atoms with van der Waals surface area (Å²) in [5.74, 6) is 0.767. The summed E-state index contributed by atoms with van der Waals surface area (Å²) in [6, 6.07) is 19.8. The van der Waals surface area contributed by atoms with Crippen molar-refractivity contribution in [1.82, 2.24) is 40.4 Å². The van der Waals surface area contributed by atoms with E-state index in [9.17, 15) is 33.1 Å². The fraction of sp³-hybridized carbons (Fsp3) is 0.375. The lowest BCUT2D eigenvalue weighted by Crippen LogP contribution is -2.53. The van der Waals surface area contributed by atoms with Gasteiger partial charge < -0.3 is 49.6 Å². The predicted octanol–water partition coefficient (Wildman–Crippen LogP) is 6.67. The lowest BCUT2D eigenvalue weighted by Gasteiger charge is -2.28. The summed E-state index contributed by atoms with van der Waals surface area (Å²) in [5, 5.41) is 16.4. The number of H-pyrrole nitrogens is 2. The number of rotatable bonds is 14. The first kappa shape index (κ1) is 43.9. The number of imidazole rings is 2. The molecule has 3 fully saturated rings. The number of ether oxygens (including phenoxy) is 4. The van der Waals surface area contributed by atoms with Crippen LogP contribution < -0.4 is 15.4 Å². The highest BCUT2D eigenvalue weighted by atomic mass is 19.3. The first-order chi connectivity index (χ1) is 32.3. The number of halogens is 2. The summed E-state index contributed by atoms with van der Waals surface area (Å²) in [5.41, 5.74) is 5.73. The smallest absolute Gasteiger partial charge is 0.407 e. The van der Waals surface area contributed by atoms with E-state index in [1.54, 1.807) is 43.5 Å². The zero-order chi connectivity index (χ0) is 46.7. The molecule has 6 aromatic rings. The molecule has 3 saturated heterocycles. The number of piperidine rings is 1. The van der Waals surface area contributed by atoms with Gasteiger partial charge in [-0.15, -0.1) is 0 Å². The summed E-state index contributed by atoms with van der Waals surface area (Å²) >= 11 is 0. The molecule has 0 spiro atoms. The number of amides is 3. The SMILES string of the molecule is COC(=O)NC(C(=O)C12C[C@H](c3ncc(-c4ccc5c(c4)COc4cc6c(ccc7[nH]c([C@@H]8C[C@H](COC(F)F)CN8C(=O)[C@H](NC(=O)O)c8ccccc8)nc76)cc4-5)[nH]3)CN1C2)C(C)OC. The average molecular weight is 919 g/mol. The van der Waals surface area contributed by atoms with Gasteiger partial charge in [-0.05, 0) is 71.7 Å². The average Bonchev–Trinajstić information content (AvgIpc) is 3.91. The van der Waals surface area contributed by atoms with Crippen molar-refractivity contribution in [2.45, 2.75) is 68.7 Å². The maximum atomic E-state index is 14.2. The van der Waals surface area contributed by atoms with Crippen LogP contribution >= 0.6 is 0 Å². The molecule has 4 aliphatic rings. The van der Waals surface area contributed by atoms with Crippen LogP contribution in [0.4, 0.5) is 18.4 Å². The summed E-state index contributed by atoms with van der Waals surface area (Å²) in [7, 11) is 2.76. The second-order valence-corrected chi connectivity index (χ2v) is 17.7. The zero-order valence-corrected chi connectivity index (χ0v) is 36.8. The Kier molecular flexibility index (Phi) is 11.4. The van der Waals surface area contributed by atoms with E-state index in [1.165, 1.54) is 19.1 Å². The van der Waals surface area contributed by atoms with Crippen molar-refractivity contribution in [1.29, 1.82) is 0 Å². The Hall–Kier alpha value is -6.96. The minimum absolute atomic E-state index is 0.0154. The highest BCUT2D eigenvalue weighted by Crippen LogP contribution is 2.50. The number of aromatic nitrogens is 4. The first-order valence-corrected chi connectivity index (χ1v) is 22.0. The van der Waals surface area contributed by atoms with Gasteiger partial charge in [0.1, 0.15) is 36.1 Å². The third-order valence-electron chi connectivity index (χ3n) is 13.8. The van der Waals surface area contributed by atoms with E-state index in [4.69, 9.17) is 24.2 Å². The van der Waals surface area contributed by atoms with Gasteiger partial charge in [-0.2, -0.15) is 8.78 Å². The maximum Gasteiger partial charge on any atom is 0.407 e. The number of carbonyl (C=O) groups is 4. The number of carbonyl (C=O) groups excluding carboxylic acids is 3. The van der Waals surface area contributed by atoms with E-state index >= 15 is 0 Å². The quantitative estimate of drug-likeness (QED) is 0.0725. The standard InChI is InChI=1S/C48H48F2N8O9/c1-24(64-2)38(56-47(63)65-3)41(59)48-17-30(20-57(48)23-48)42-51-18-35(53-42)28-9-11-31-29(14-28)22-66-37-16-32-27(15-33(31)37)10-12-34-40(32)54-43(52-34)36-13-25(21-67-45(49)50)19-58(36)44(60)39(55-46(61)62)26-7-5-4-6-8-26/h4-12,14-16,18,24-25,30,36,38-39,45,55H,13,17,19-23H2,1-3H3,(H,51,53)(H,52,54)(H,56,63)(H,61,62)/t24?,25-,30-,36-,38?,39+,48?,57?/m0/s1. The molecule has 19 heteroatoms. The van der Waals surface area contributed by atoms with E-state index in [2.05, 4.69) is 48.4 Å². The van der Waals surface area contributed by atoms with Crippen molar-refractivity contribution in [2.75, 3.05) is 40.5 Å². The van der Waals surface area contributed by atoms with Gasteiger partial charge in [0.15, 0.2) is 5.78 Å². The van der Waals surface area contributed by atoms with Gasteiger partial charge in [0.2, 0.25) is 0 Å². The van der Waals surface area contributed by atoms with Gasteiger partial charge in [0.05, 0.1) is 54.3 Å². The molecule has 6 heterocycles. The lowest BCUT2D eigenvalue weighted by molar-refractivity contribution is -0.139. The number of alkyl halides is 2. The van der Waals surface area contributed by atoms with Crippen LogP contribution in [0.3, 0.4) is 0 Å². The second-order valence-electron chi connectivity index (χ2n) is 17.7. The number of alkyl carbamates (subject to hydrolysis) is 1.